The van der Waals surface area contributed by atoms with Crippen molar-refractivity contribution in [2.75, 3.05) is 6.54 Å². The normalized spacial score (nSPS) is 14.0. The minimum absolute atomic E-state index is 0.137. The number of carbonyl (C=O) groups excluding carboxylic acids is 1. The van der Waals surface area contributed by atoms with E-state index in [1.165, 1.54) is 11.6 Å². The predicted molar refractivity (Wildman–Crippen MR) is 63.2 cm³/mol. The summed E-state index contributed by atoms with van der Waals surface area (Å²) in [5.74, 6) is -1.52. The molecule has 0 aliphatic rings. The van der Waals surface area contributed by atoms with Crippen LogP contribution < -0.4 is 5.32 Å². The Morgan fingerprint density at radius 3 is 2.61 bits per heavy atom. The van der Waals surface area contributed by atoms with Gasteiger partial charge in [0.15, 0.2) is 0 Å². The van der Waals surface area contributed by atoms with E-state index in [9.17, 15) is 14.7 Å². The maximum atomic E-state index is 11.8. The van der Waals surface area contributed by atoms with Crippen molar-refractivity contribution < 1.29 is 19.8 Å². The third-order valence-corrected chi connectivity index (χ3v) is 2.40. The van der Waals surface area contributed by atoms with Gasteiger partial charge in [0.05, 0.1) is 17.7 Å². The fourth-order valence-corrected chi connectivity index (χ4v) is 1.57. The predicted octanol–water partition coefficient (Wildman–Crippen LogP) is -0.316. The van der Waals surface area contributed by atoms with E-state index >= 15 is 0 Å². The van der Waals surface area contributed by atoms with Gasteiger partial charge in [0, 0.05) is 13.6 Å². The second-order valence-corrected chi connectivity index (χ2v) is 4.54. The molecule has 0 aliphatic carbocycles. The average molecular weight is 255 g/mol. The largest absolute Gasteiger partial charge is 0.481 e. The van der Waals surface area contributed by atoms with Gasteiger partial charge in [-0.15, -0.1) is 0 Å². The molecule has 0 saturated carbocycles. The number of carbonyl (C=O) groups is 2. The van der Waals surface area contributed by atoms with Crippen LogP contribution in [0.2, 0.25) is 0 Å². The number of nitrogens with zero attached hydrogens (tertiary/aromatic N) is 2. The summed E-state index contributed by atoms with van der Waals surface area (Å²) in [4.78, 5) is 22.3. The van der Waals surface area contributed by atoms with Crippen LogP contribution in [0.5, 0.6) is 0 Å². The van der Waals surface area contributed by atoms with Crippen molar-refractivity contribution >= 4 is 11.9 Å². The number of aliphatic hydroxyl groups is 1. The molecule has 18 heavy (non-hydrogen) atoms. The highest BCUT2D eigenvalue weighted by Gasteiger charge is 2.25. The highest BCUT2D eigenvalue weighted by Crippen LogP contribution is 2.08. The zero-order valence-electron chi connectivity index (χ0n) is 10.6. The monoisotopic (exact) mass is 255 g/mol. The first kappa shape index (κ1) is 14.2. The van der Waals surface area contributed by atoms with E-state index < -0.39 is 23.9 Å². The van der Waals surface area contributed by atoms with Crippen molar-refractivity contribution in [2.45, 2.75) is 25.9 Å². The van der Waals surface area contributed by atoms with Crippen LogP contribution in [0.3, 0.4) is 0 Å². The van der Waals surface area contributed by atoms with Gasteiger partial charge in [-0.2, -0.15) is 5.10 Å². The number of aliphatic carboxylic acids is 1. The Bertz CT molecular complexity index is 465. The van der Waals surface area contributed by atoms with Crippen molar-refractivity contribution in [3.63, 3.8) is 0 Å². The summed E-state index contributed by atoms with van der Waals surface area (Å²) in [6, 6.07) is 1.61. The minimum Gasteiger partial charge on any atom is -0.481 e. The molecule has 0 aliphatic heterocycles. The maximum absolute atomic E-state index is 11.8. The van der Waals surface area contributed by atoms with Crippen LogP contribution in [0.4, 0.5) is 0 Å². The number of aryl methyl sites for hydroxylation is 2. The summed E-state index contributed by atoms with van der Waals surface area (Å²) >= 11 is 0. The molecule has 7 nitrogen and oxygen atoms in total. The van der Waals surface area contributed by atoms with Gasteiger partial charge >= 0.3 is 5.97 Å². The Labute approximate surface area is 104 Å². The highest BCUT2D eigenvalue weighted by molar-refractivity contribution is 5.92. The molecule has 0 saturated heterocycles. The molecule has 100 valence electrons. The molecule has 1 aromatic heterocycles. The smallest absolute Gasteiger partial charge is 0.306 e. The van der Waals surface area contributed by atoms with E-state index in [2.05, 4.69) is 10.4 Å². The summed E-state index contributed by atoms with van der Waals surface area (Å²) in [5.41, 5.74) is -0.409. The summed E-state index contributed by atoms with van der Waals surface area (Å²) in [7, 11) is 1.64. The number of carboxylic acid groups (broad SMARTS) is 1. The summed E-state index contributed by atoms with van der Waals surface area (Å²) < 4.78 is 1.43. The standard InChI is InChI=1S/C11H17N3O4/c1-7-4-8(14(3)13-7)10(17)12-6-11(2,18)5-9(15)16/h4,18H,5-6H2,1-3H3,(H,12,17)(H,15,16). The molecule has 1 aromatic rings. The number of nitrogens with one attached hydrogen (secondary N) is 1. The van der Waals surface area contributed by atoms with Crippen molar-refractivity contribution in [3.8, 4) is 0 Å². The Morgan fingerprint density at radius 2 is 2.17 bits per heavy atom. The van der Waals surface area contributed by atoms with Gasteiger partial charge in [-0.1, -0.05) is 0 Å². The van der Waals surface area contributed by atoms with E-state index in [0.29, 0.717) is 11.4 Å². The number of hydrogen-bond acceptors (Lipinski definition) is 4. The quantitative estimate of drug-likeness (QED) is 0.669. The fraction of sp³-hybridized carbons (Fsp3) is 0.545. The molecule has 3 N–H and O–H groups in total. The molecular weight excluding hydrogens is 238 g/mol. The number of hydrogen-bond donors (Lipinski definition) is 3. The average Bonchev–Trinajstić information content (AvgIpc) is 2.52. The molecule has 0 radical (unpaired) electrons. The molecule has 0 fully saturated rings. The highest BCUT2D eigenvalue weighted by atomic mass is 16.4. The topological polar surface area (TPSA) is 104 Å². The van der Waals surface area contributed by atoms with Crippen LogP contribution in [0.15, 0.2) is 6.07 Å². The van der Waals surface area contributed by atoms with Crippen LogP contribution in [-0.2, 0) is 11.8 Å². The fourth-order valence-electron chi connectivity index (χ4n) is 1.57. The maximum Gasteiger partial charge on any atom is 0.306 e. The lowest BCUT2D eigenvalue weighted by Gasteiger charge is -2.21. The van der Waals surface area contributed by atoms with E-state index in [-0.39, 0.29) is 6.54 Å². The van der Waals surface area contributed by atoms with Crippen LogP contribution in [0.25, 0.3) is 0 Å². The lowest BCUT2D eigenvalue weighted by molar-refractivity contribution is -0.141. The molecule has 1 unspecified atom stereocenters. The molecule has 0 spiro atoms. The molecule has 1 amide bonds. The van der Waals surface area contributed by atoms with Gasteiger partial charge < -0.3 is 15.5 Å². The van der Waals surface area contributed by atoms with Gasteiger partial charge in [0.1, 0.15) is 5.69 Å². The first-order chi connectivity index (χ1) is 8.21. The zero-order valence-corrected chi connectivity index (χ0v) is 10.6. The number of carboxylic acids is 1. The molecule has 7 heteroatoms. The van der Waals surface area contributed by atoms with E-state index in [4.69, 9.17) is 5.11 Å². The number of amides is 1. The Hall–Kier alpha value is -1.89. The molecule has 0 bridgehead atoms. The summed E-state index contributed by atoms with van der Waals surface area (Å²) in [6.07, 6.45) is -0.433. The van der Waals surface area contributed by atoms with E-state index in [1.54, 1.807) is 20.0 Å². The third kappa shape index (κ3) is 3.85. The lowest BCUT2D eigenvalue weighted by atomic mass is 10.0. The second-order valence-electron chi connectivity index (χ2n) is 4.54. The van der Waals surface area contributed by atoms with Crippen LogP contribution in [0.1, 0.15) is 29.5 Å². The van der Waals surface area contributed by atoms with Gasteiger partial charge in [0.2, 0.25) is 0 Å². The van der Waals surface area contributed by atoms with Crippen molar-refractivity contribution in [3.05, 3.63) is 17.5 Å². The van der Waals surface area contributed by atoms with Crippen molar-refractivity contribution in [2.24, 2.45) is 7.05 Å². The first-order valence-electron chi connectivity index (χ1n) is 5.44. The van der Waals surface area contributed by atoms with Crippen LogP contribution in [-0.4, -0.2) is 44.0 Å². The van der Waals surface area contributed by atoms with E-state index in [0.717, 1.165) is 0 Å². The number of rotatable bonds is 5. The number of aromatic nitrogens is 2. The van der Waals surface area contributed by atoms with Crippen molar-refractivity contribution in [1.29, 1.82) is 0 Å². The summed E-state index contributed by atoms with van der Waals surface area (Å²) in [5, 5.41) is 24.8. The molecule has 1 atom stereocenters. The van der Waals surface area contributed by atoms with Gasteiger partial charge in [-0.25, -0.2) is 0 Å². The lowest BCUT2D eigenvalue weighted by Crippen LogP contribution is -2.42. The molecular formula is C11H17N3O4. The van der Waals surface area contributed by atoms with Gasteiger partial charge in [-0.05, 0) is 19.9 Å². The van der Waals surface area contributed by atoms with Crippen LogP contribution >= 0.6 is 0 Å². The Kier molecular flexibility index (Phi) is 4.07. The summed E-state index contributed by atoms with van der Waals surface area (Å²) in [6.45, 7) is 2.98. The zero-order chi connectivity index (χ0) is 13.9. The van der Waals surface area contributed by atoms with E-state index in [1.807, 2.05) is 0 Å². The van der Waals surface area contributed by atoms with Crippen molar-refractivity contribution in [1.82, 2.24) is 15.1 Å². The van der Waals surface area contributed by atoms with Crippen LogP contribution in [0, 0.1) is 6.92 Å². The third-order valence-electron chi connectivity index (χ3n) is 2.40. The molecule has 1 rings (SSSR count). The second kappa shape index (κ2) is 5.18. The van der Waals surface area contributed by atoms with Gasteiger partial charge in [-0.3, -0.25) is 14.3 Å². The van der Waals surface area contributed by atoms with Gasteiger partial charge in [0.25, 0.3) is 5.91 Å². The molecule has 1 heterocycles. The SMILES string of the molecule is Cc1cc(C(=O)NCC(C)(O)CC(=O)O)n(C)n1. The Balaban J connectivity index is 2.61. The molecule has 0 aromatic carbocycles. The minimum atomic E-state index is -1.48. The Morgan fingerprint density at radius 1 is 1.56 bits per heavy atom. The first-order valence-corrected chi connectivity index (χ1v) is 5.44.